The molecule has 0 fully saturated rings. The van der Waals surface area contributed by atoms with Gasteiger partial charge in [-0.2, -0.15) is 13.2 Å². The molecule has 1 heterocycles. The summed E-state index contributed by atoms with van der Waals surface area (Å²) in [7, 11) is -1.48. The smallest absolute Gasteiger partial charge is 0.372 e. The highest BCUT2D eigenvalue weighted by atomic mass is 32.2. The maximum absolute atomic E-state index is 12.9. The maximum atomic E-state index is 12.9. The Bertz CT molecular complexity index is 750. The predicted octanol–water partition coefficient (Wildman–Crippen LogP) is 2.67. The number of H-pyrrole nitrogens is 1. The topological polar surface area (TPSA) is 53.2 Å². The fourth-order valence-corrected chi connectivity index (χ4v) is 2.74. The van der Waals surface area contributed by atoms with Crippen LogP contribution in [0.2, 0.25) is 0 Å². The minimum absolute atomic E-state index is 0.0628. The summed E-state index contributed by atoms with van der Waals surface area (Å²) < 4.78 is 61.1. The number of anilines is 1. The molecular weight excluding hydrogens is 305 g/mol. The SMILES string of the molecule is CN(CCS(C)(=O)=O)c1ccc(C(F)(F)F)c2cc[nH]c12. The van der Waals surface area contributed by atoms with Gasteiger partial charge in [0.25, 0.3) is 0 Å². The van der Waals surface area contributed by atoms with E-state index in [4.69, 9.17) is 0 Å². The van der Waals surface area contributed by atoms with Crippen molar-refractivity contribution in [2.24, 2.45) is 0 Å². The average Bonchev–Trinajstić information content (AvgIpc) is 2.81. The molecule has 0 saturated heterocycles. The molecule has 0 bridgehead atoms. The number of benzene rings is 1. The molecule has 0 aliphatic carbocycles. The van der Waals surface area contributed by atoms with Crippen LogP contribution in [0.1, 0.15) is 5.56 Å². The van der Waals surface area contributed by atoms with Crippen LogP contribution in [0, 0.1) is 0 Å². The van der Waals surface area contributed by atoms with E-state index in [0.717, 1.165) is 12.3 Å². The van der Waals surface area contributed by atoms with Crippen LogP contribution in [0.4, 0.5) is 18.9 Å². The second-order valence-corrected chi connectivity index (χ2v) is 7.21. The van der Waals surface area contributed by atoms with Gasteiger partial charge in [-0.05, 0) is 18.2 Å². The van der Waals surface area contributed by atoms with Crippen LogP contribution in [0.3, 0.4) is 0 Å². The number of fused-ring (bicyclic) bond motifs is 1. The monoisotopic (exact) mass is 320 g/mol. The number of alkyl halides is 3. The molecule has 1 aromatic carbocycles. The first-order valence-corrected chi connectivity index (χ1v) is 8.22. The number of nitrogens with zero attached hydrogens (tertiary/aromatic N) is 1. The van der Waals surface area contributed by atoms with E-state index in [-0.39, 0.29) is 17.7 Å². The number of rotatable bonds is 4. The van der Waals surface area contributed by atoms with E-state index < -0.39 is 21.6 Å². The number of halogens is 3. The van der Waals surface area contributed by atoms with Gasteiger partial charge >= 0.3 is 6.18 Å². The van der Waals surface area contributed by atoms with Crippen molar-refractivity contribution in [3.05, 3.63) is 30.0 Å². The molecule has 0 radical (unpaired) electrons. The quantitative estimate of drug-likeness (QED) is 0.942. The van der Waals surface area contributed by atoms with E-state index in [9.17, 15) is 21.6 Å². The Morgan fingerprint density at radius 3 is 2.48 bits per heavy atom. The van der Waals surface area contributed by atoms with E-state index >= 15 is 0 Å². The zero-order chi connectivity index (χ0) is 15.8. The van der Waals surface area contributed by atoms with Crippen LogP contribution in [0.25, 0.3) is 10.9 Å². The summed E-state index contributed by atoms with van der Waals surface area (Å²) in [5.41, 5.74) is 0.173. The zero-order valence-corrected chi connectivity index (χ0v) is 12.3. The van der Waals surface area contributed by atoms with Gasteiger partial charge in [-0.1, -0.05) is 0 Å². The zero-order valence-electron chi connectivity index (χ0n) is 11.5. The van der Waals surface area contributed by atoms with Crippen molar-refractivity contribution in [3.63, 3.8) is 0 Å². The van der Waals surface area contributed by atoms with Crippen molar-refractivity contribution in [1.82, 2.24) is 4.98 Å². The molecule has 21 heavy (non-hydrogen) atoms. The van der Waals surface area contributed by atoms with Crippen LogP contribution in [0.15, 0.2) is 24.4 Å². The van der Waals surface area contributed by atoms with Crippen molar-refractivity contribution < 1.29 is 21.6 Å². The lowest BCUT2D eigenvalue weighted by Crippen LogP contribution is -2.25. The third-order valence-corrected chi connectivity index (χ3v) is 4.14. The van der Waals surface area contributed by atoms with Crippen LogP contribution in [-0.4, -0.2) is 39.0 Å². The van der Waals surface area contributed by atoms with E-state index in [0.29, 0.717) is 11.2 Å². The highest BCUT2D eigenvalue weighted by Crippen LogP contribution is 2.37. The predicted molar refractivity (Wildman–Crippen MR) is 76.3 cm³/mol. The Kier molecular flexibility index (Phi) is 3.92. The Labute approximate surface area is 120 Å². The molecule has 0 amide bonds. The Balaban J connectivity index is 2.41. The van der Waals surface area contributed by atoms with Crippen LogP contribution < -0.4 is 4.90 Å². The Morgan fingerprint density at radius 2 is 1.90 bits per heavy atom. The lowest BCUT2D eigenvalue weighted by Gasteiger charge is -2.21. The van der Waals surface area contributed by atoms with E-state index in [1.807, 2.05) is 0 Å². The first kappa shape index (κ1) is 15.7. The third-order valence-electron chi connectivity index (χ3n) is 3.22. The van der Waals surface area contributed by atoms with Crippen molar-refractivity contribution in [2.75, 3.05) is 30.5 Å². The molecule has 2 rings (SSSR count). The van der Waals surface area contributed by atoms with Gasteiger partial charge in [0.2, 0.25) is 0 Å². The summed E-state index contributed by atoms with van der Waals surface area (Å²) in [6.45, 7) is 0.207. The fourth-order valence-electron chi connectivity index (χ4n) is 2.13. The average molecular weight is 320 g/mol. The first-order valence-electron chi connectivity index (χ1n) is 6.16. The summed E-state index contributed by atoms with van der Waals surface area (Å²) in [6, 6.07) is 3.73. The molecule has 0 atom stereocenters. The lowest BCUT2D eigenvalue weighted by molar-refractivity contribution is -0.136. The highest BCUT2D eigenvalue weighted by molar-refractivity contribution is 7.90. The summed E-state index contributed by atoms with van der Waals surface area (Å²) in [4.78, 5) is 4.41. The number of aromatic amines is 1. The van der Waals surface area contributed by atoms with Gasteiger partial charge in [0.05, 0.1) is 22.5 Å². The number of sulfone groups is 1. The minimum Gasteiger partial charge on any atom is -0.372 e. The molecule has 8 heteroatoms. The van der Waals surface area contributed by atoms with Crippen molar-refractivity contribution in [1.29, 1.82) is 0 Å². The first-order chi connectivity index (χ1) is 9.59. The summed E-state index contributed by atoms with van der Waals surface area (Å²) in [6.07, 6.45) is -1.87. The molecular formula is C13H15F3N2O2S. The lowest BCUT2D eigenvalue weighted by atomic mass is 10.1. The molecule has 0 saturated carbocycles. The molecule has 1 N–H and O–H groups in total. The van der Waals surface area contributed by atoms with Crippen molar-refractivity contribution in [2.45, 2.75) is 6.18 Å². The number of hydrogen-bond acceptors (Lipinski definition) is 3. The van der Waals surface area contributed by atoms with E-state index in [1.165, 1.54) is 18.3 Å². The van der Waals surface area contributed by atoms with E-state index in [1.54, 1.807) is 11.9 Å². The fraction of sp³-hybridized carbons (Fsp3) is 0.385. The third kappa shape index (κ3) is 3.49. The second-order valence-electron chi connectivity index (χ2n) is 4.95. The molecule has 116 valence electrons. The van der Waals surface area contributed by atoms with Crippen LogP contribution >= 0.6 is 0 Å². The van der Waals surface area contributed by atoms with Crippen LogP contribution in [-0.2, 0) is 16.0 Å². The number of aromatic nitrogens is 1. The molecule has 4 nitrogen and oxygen atoms in total. The van der Waals surface area contributed by atoms with Gasteiger partial charge in [-0.3, -0.25) is 0 Å². The van der Waals surface area contributed by atoms with Gasteiger partial charge in [0, 0.05) is 31.4 Å². The maximum Gasteiger partial charge on any atom is 0.417 e. The molecule has 1 aromatic heterocycles. The molecule has 0 unspecified atom stereocenters. The summed E-state index contributed by atoms with van der Waals surface area (Å²) in [5, 5.41) is 0.0752. The van der Waals surface area contributed by atoms with Gasteiger partial charge in [-0.25, -0.2) is 8.42 Å². The largest absolute Gasteiger partial charge is 0.417 e. The molecule has 2 aromatic rings. The normalized spacial score (nSPS) is 12.8. The Morgan fingerprint density at radius 1 is 1.24 bits per heavy atom. The number of nitrogens with one attached hydrogen (secondary N) is 1. The van der Waals surface area contributed by atoms with Gasteiger partial charge in [0.1, 0.15) is 9.84 Å². The van der Waals surface area contributed by atoms with Gasteiger partial charge in [0.15, 0.2) is 0 Å². The Hall–Kier alpha value is -1.70. The molecule has 0 aliphatic heterocycles. The summed E-state index contributed by atoms with van der Waals surface area (Å²) >= 11 is 0. The van der Waals surface area contributed by atoms with Crippen molar-refractivity contribution in [3.8, 4) is 0 Å². The van der Waals surface area contributed by atoms with Crippen molar-refractivity contribution >= 4 is 26.4 Å². The molecule has 0 aliphatic rings. The molecule has 0 spiro atoms. The standard InChI is InChI=1S/C13H15F3N2O2S/c1-18(7-8-21(2,19)20)11-4-3-10(13(14,15)16)9-5-6-17-12(9)11/h3-6,17H,7-8H2,1-2H3. The van der Waals surface area contributed by atoms with Crippen LogP contribution in [0.5, 0.6) is 0 Å². The number of hydrogen-bond donors (Lipinski definition) is 1. The second kappa shape index (κ2) is 5.25. The highest BCUT2D eigenvalue weighted by Gasteiger charge is 2.33. The summed E-state index contributed by atoms with van der Waals surface area (Å²) in [5.74, 6) is -0.0628. The van der Waals surface area contributed by atoms with E-state index in [2.05, 4.69) is 4.98 Å². The van der Waals surface area contributed by atoms with Gasteiger partial charge < -0.3 is 9.88 Å². The minimum atomic E-state index is -4.43. The van der Waals surface area contributed by atoms with Gasteiger partial charge in [-0.15, -0.1) is 0 Å².